The molecule has 0 unspecified atom stereocenters. The maximum absolute atomic E-state index is 8.58. The Bertz CT molecular complexity index is 119. The number of hydrogen-bond acceptors (Lipinski definition) is 2. The third-order valence-corrected chi connectivity index (χ3v) is 1.95. The van der Waals surface area contributed by atoms with Crippen molar-refractivity contribution >= 4 is 0 Å². The molecule has 0 saturated heterocycles. The molecule has 12 heavy (non-hydrogen) atoms. The van der Waals surface area contributed by atoms with E-state index in [9.17, 15) is 0 Å². The first-order chi connectivity index (χ1) is 5.81. The molecule has 0 aliphatic rings. The number of hydrogen-bond donors (Lipinski definition) is 2. The Kier molecular flexibility index (Phi) is 8.24. The summed E-state index contributed by atoms with van der Waals surface area (Å²) >= 11 is 0. The Morgan fingerprint density at radius 2 is 1.67 bits per heavy atom. The maximum Gasteiger partial charge on any atom is 0.0780 e. The van der Waals surface area contributed by atoms with Gasteiger partial charge in [-0.15, -0.1) is 0 Å². The van der Waals surface area contributed by atoms with Crippen molar-refractivity contribution in [2.24, 2.45) is 0 Å². The highest BCUT2D eigenvalue weighted by molar-refractivity contribution is 4.91. The van der Waals surface area contributed by atoms with E-state index in [0.29, 0.717) is 6.61 Å². The topological polar surface area (TPSA) is 40.5 Å². The predicted octanol–water partition coefficient (Wildman–Crippen LogP) is 2.78. The lowest BCUT2D eigenvalue weighted by atomic mass is 10.1. The Morgan fingerprint density at radius 1 is 1.08 bits per heavy atom. The van der Waals surface area contributed by atoms with E-state index >= 15 is 0 Å². The summed E-state index contributed by atoms with van der Waals surface area (Å²) < 4.78 is 0. The lowest BCUT2D eigenvalue weighted by molar-refractivity contribution is 0.282. The van der Waals surface area contributed by atoms with Gasteiger partial charge in [-0.1, -0.05) is 19.3 Å². The molecule has 2 nitrogen and oxygen atoms in total. The smallest absolute Gasteiger partial charge is 0.0780 e. The first-order valence-electron chi connectivity index (χ1n) is 4.72. The average Bonchev–Trinajstić information content (AvgIpc) is 2.10. The second-order valence-corrected chi connectivity index (χ2v) is 3.22. The molecule has 0 atom stereocenters. The molecule has 0 bridgehead atoms. The molecule has 0 saturated carbocycles. The van der Waals surface area contributed by atoms with E-state index in [1.54, 1.807) is 0 Å². The third kappa shape index (κ3) is 7.61. The summed E-state index contributed by atoms with van der Waals surface area (Å²) in [6, 6.07) is 0. The molecule has 2 heteroatoms. The number of aliphatic hydroxyl groups is 2. The highest BCUT2D eigenvalue weighted by Gasteiger charge is 1.91. The molecule has 0 aliphatic heterocycles. The molecule has 0 heterocycles. The second-order valence-electron chi connectivity index (χ2n) is 3.22. The summed E-state index contributed by atoms with van der Waals surface area (Å²) in [5, 5.41) is 17.1. The molecule has 0 radical (unpaired) electrons. The maximum atomic E-state index is 8.58. The number of aliphatic hydroxyl groups excluding tert-OH is 2. The molecule has 0 aromatic rings. The van der Waals surface area contributed by atoms with Crippen molar-refractivity contribution < 1.29 is 10.2 Å². The van der Waals surface area contributed by atoms with Crippen LogP contribution in [0.2, 0.25) is 0 Å². The summed E-state index contributed by atoms with van der Waals surface area (Å²) in [7, 11) is 0. The average molecular weight is 172 g/mol. The van der Waals surface area contributed by atoms with Crippen molar-refractivity contribution in [3.05, 3.63) is 11.8 Å². The SMILES string of the molecule is CC(=CO)CCCCCCCO. The summed E-state index contributed by atoms with van der Waals surface area (Å²) in [5.41, 5.74) is 1.05. The number of allylic oxidation sites excluding steroid dienone is 1. The largest absolute Gasteiger partial charge is 0.516 e. The van der Waals surface area contributed by atoms with E-state index in [1.165, 1.54) is 19.1 Å². The number of unbranched alkanes of at least 4 members (excludes halogenated alkanes) is 4. The van der Waals surface area contributed by atoms with Crippen LogP contribution in [-0.2, 0) is 0 Å². The minimum absolute atomic E-state index is 0.315. The molecule has 0 amide bonds. The van der Waals surface area contributed by atoms with Gasteiger partial charge in [0.1, 0.15) is 0 Å². The van der Waals surface area contributed by atoms with Crippen molar-refractivity contribution in [1.82, 2.24) is 0 Å². The van der Waals surface area contributed by atoms with Gasteiger partial charge >= 0.3 is 0 Å². The van der Waals surface area contributed by atoms with Crippen LogP contribution in [0, 0.1) is 0 Å². The van der Waals surface area contributed by atoms with Crippen LogP contribution >= 0.6 is 0 Å². The minimum Gasteiger partial charge on any atom is -0.516 e. The van der Waals surface area contributed by atoms with Crippen molar-refractivity contribution in [1.29, 1.82) is 0 Å². The summed E-state index contributed by atoms with van der Waals surface area (Å²) in [4.78, 5) is 0. The summed E-state index contributed by atoms with van der Waals surface area (Å²) in [6.07, 6.45) is 7.77. The monoisotopic (exact) mass is 172 g/mol. The van der Waals surface area contributed by atoms with Gasteiger partial charge in [0.05, 0.1) is 6.26 Å². The lowest BCUT2D eigenvalue weighted by Crippen LogP contribution is -1.84. The highest BCUT2D eigenvalue weighted by Crippen LogP contribution is 2.09. The van der Waals surface area contributed by atoms with Crippen LogP contribution < -0.4 is 0 Å². The highest BCUT2D eigenvalue weighted by atomic mass is 16.3. The van der Waals surface area contributed by atoms with Crippen LogP contribution in [0.3, 0.4) is 0 Å². The van der Waals surface area contributed by atoms with Crippen LogP contribution in [0.4, 0.5) is 0 Å². The van der Waals surface area contributed by atoms with Crippen LogP contribution in [0.15, 0.2) is 11.8 Å². The normalized spacial score (nSPS) is 12.0. The van der Waals surface area contributed by atoms with Gasteiger partial charge in [-0.2, -0.15) is 0 Å². The van der Waals surface area contributed by atoms with Crippen molar-refractivity contribution in [3.63, 3.8) is 0 Å². The quantitative estimate of drug-likeness (QED) is 0.458. The van der Waals surface area contributed by atoms with Gasteiger partial charge in [-0.05, 0) is 31.8 Å². The minimum atomic E-state index is 0.315. The molecule has 2 N–H and O–H groups in total. The van der Waals surface area contributed by atoms with Gasteiger partial charge in [0.2, 0.25) is 0 Å². The van der Waals surface area contributed by atoms with Crippen LogP contribution in [0.5, 0.6) is 0 Å². The molecule has 0 rings (SSSR count). The summed E-state index contributed by atoms with van der Waals surface area (Å²) in [6.45, 7) is 2.25. The van der Waals surface area contributed by atoms with E-state index in [2.05, 4.69) is 0 Å². The Morgan fingerprint density at radius 3 is 2.25 bits per heavy atom. The Hall–Kier alpha value is -0.500. The molecule has 0 spiro atoms. The van der Waals surface area contributed by atoms with E-state index in [1.807, 2.05) is 6.92 Å². The first-order valence-corrected chi connectivity index (χ1v) is 4.72. The fourth-order valence-corrected chi connectivity index (χ4v) is 1.11. The van der Waals surface area contributed by atoms with Crippen molar-refractivity contribution in [3.8, 4) is 0 Å². The molecule has 0 fully saturated rings. The van der Waals surface area contributed by atoms with Gasteiger partial charge in [-0.25, -0.2) is 0 Å². The summed E-state index contributed by atoms with van der Waals surface area (Å²) in [5.74, 6) is 0. The molecular formula is C10H20O2. The molecule has 72 valence electrons. The zero-order chi connectivity index (χ0) is 9.23. The van der Waals surface area contributed by atoms with E-state index < -0.39 is 0 Å². The first kappa shape index (κ1) is 11.5. The third-order valence-electron chi connectivity index (χ3n) is 1.95. The van der Waals surface area contributed by atoms with Crippen LogP contribution in [0.1, 0.15) is 45.4 Å². The molecule has 0 aromatic carbocycles. The Balaban J connectivity index is 3.00. The van der Waals surface area contributed by atoms with Crippen molar-refractivity contribution in [2.75, 3.05) is 6.61 Å². The van der Waals surface area contributed by atoms with Gasteiger partial charge < -0.3 is 10.2 Å². The zero-order valence-corrected chi connectivity index (χ0v) is 7.92. The molecule has 0 aliphatic carbocycles. The lowest BCUT2D eigenvalue weighted by Gasteiger charge is -1.99. The standard InChI is InChI=1S/C10H20O2/c1-10(9-12)7-5-3-2-4-6-8-11/h9,11-12H,2-8H2,1H3. The van der Waals surface area contributed by atoms with E-state index in [-0.39, 0.29) is 0 Å². The van der Waals surface area contributed by atoms with E-state index in [0.717, 1.165) is 31.3 Å². The fourth-order valence-electron chi connectivity index (χ4n) is 1.11. The van der Waals surface area contributed by atoms with Gasteiger partial charge in [0.25, 0.3) is 0 Å². The van der Waals surface area contributed by atoms with Gasteiger partial charge in [0, 0.05) is 6.61 Å². The zero-order valence-electron chi connectivity index (χ0n) is 7.92. The second kappa shape index (κ2) is 8.60. The van der Waals surface area contributed by atoms with Crippen molar-refractivity contribution in [2.45, 2.75) is 45.4 Å². The molecular weight excluding hydrogens is 152 g/mol. The molecule has 0 aromatic heterocycles. The van der Waals surface area contributed by atoms with Gasteiger partial charge in [-0.3, -0.25) is 0 Å². The van der Waals surface area contributed by atoms with Crippen LogP contribution in [0.25, 0.3) is 0 Å². The van der Waals surface area contributed by atoms with Crippen LogP contribution in [-0.4, -0.2) is 16.8 Å². The Labute approximate surface area is 74.9 Å². The number of rotatable bonds is 7. The van der Waals surface area contributed by atoms with Gasteiger partial charge in [0.15, 0.2) is 0 Å². The predicted molar refractivity (Wildman–Crippen MR) is 51.2 cm³/mol. The fraction of sp³-hybridized carbons (Fsp3) is 0.800. The van der Waals surface area contributed by atoms with E-state index in [4.69, 9.17) is 10.2 Å².